The minimum atomic E-state index is -0.753. The van der Waals surface area contributed by atoms with E-state index in [2.05, 4.69) is 16.0 Å². The van der Waals surface area contributed by atoms with E-state index in [-0.39, 0.29) is 88.9 Å². The second-order valence-electron chi connectivity index (χ2n) is 12.5. The summed E-state index contributed by atoms with van der Waals surface area (Å²) in [6.45, 7) is 3.69. The summed E-state index contributed by atoms with van der Waals surface area (Å²) < 4.78 is 18.6. The Balaban J connectivity index is 1.77. The fourth-order valence-corrected chi connectivity index (χ4v) is 5.61. The molecule has 0 aliphatic rings. The highest BCUT2D eigenvalue weighted by Gasteiger charge is 2.23. The van der Waals surface area contributed by atoms with Crippen LogP contribution in [0.2, 0.25) is 0 Å². The lowest BCUT2D eigenvalue weighted by Crippen LogP contribution is -2.48. The monoisotopic (exact) mass is 773 g/mol. The van der Waals surface area contributed by atoms with Gasteiger partial charge in [-0.05, 0) is 24.6 Å². The van der Waals surface area contributed by atoms with E-state index in [1.807, 2.05) is 11.8 Å². The third-order valence-corrected chi connectivity index (χ3v) is 8.64. The van der Waals surface area contributed by atoms with Crippen LogP contribution in [0.3, 0.4) is 0 Å². The van der Waals surface area contributed by atoms with Crippen molar-refractivity contribution in [3.05, 3.63) is 84.5 Å². The van der Waals surface area contributed by atoms with Crippen LogP contribution in [0.4, 0.5) is 0 Å². The Labute approximate surface area is 317 Å². The second kappa shape index (κ2) is 22.0. The molecular weight excluding hydrogens is 722 g/mol. The number of pyridine rings is 3. The summed E-state index contributed by atoms with van der Waals surface area (Å²) in [5.74, 6) is -4.23. The fourth-order valence-electron chi connectivity index (χ4n) is 5.61. The summed E-state index contributed by atoms with van der Waals surface area (Å²) in [5, 5.41) is 39.7. The summed E-state index contributed by atoms with van der Waals surface area (Å²) in [5.41, 5.74) is -2.91. The van der Waals surface area contributed by atoms with Crippen LogP contribution >= 0.6 is 0 Å². The van der Waals surface area contributed by atoms with E-state index in [1.165, 1.54) is 71.8 Å². The number of aromatic nitrogens is 3. The van der Waals surface area contributed by atoms with Crippen molar-refractivity contribution in [3.63, 3.8) is 0 Å². The summed E-state index contributed by atoms with van der Waals surface area (Å²) in [4.78, 5) is 78.9. The number of hydrogen-bond acceptors (Lipinski definition) is 13. The lowest BCUT2D eigenvalue weighted by molar-refractivity contribution is 0.0917. The molecule has 1 atom stereocenters. The molecular formula is C36H51N7O12. The number of nitrogens with one attached hydrogen (secondary N) is 3. The van der Waals surface area contributed by atoms with Gasteiger partial charge in [-0.15, -0.1) is 0 Å². The number of carbonyl (C=O) groups excluding carboxylic acids is 3. The molecule has 3 heterocycles. The van der Waals surface area contributed by atoms with E-state index in [4.69, 9.17) is 14.2 Å². The molecule has 302 valence electrons. The molecule has 0 radical (unpaired) electrons. The number of ether oxygens (including phenoxy) is 3. The first-order valence-electron chi connectivity index (χ1n) is 17.7. The number of methoxy groups -OCH3 is 3. The van der Waals surface area contributed by atoms with E-state index < -0.39 is 57.7 Å². The van der Waals surface area contributed by atoms with Crippen molar-refractivity contribution < 1.29 is 43.9 Å². The minimum absolute atomic E-state index is 0.0206. The molecule has 0 saturated carbocycles. The zero-order valence-electron chi connectivity index (χ0n) is 31.5. The molecule has 3 rings (SSSR count). The average Bonchev–Trinajstić information content (AvgIpc) is 3.16. The van der Waals surface area contributed by atoms with Gasteiger partial charge in [0.1, 0.15) is 0 Å². The molecule has 0 aliphatic carbocycles. The number of rotatable bonds is 23. The summed E-state index contributed by atoms with van der Waals surface area (Å²) in [7, 11) is 4.41. The van der Waals surface area contributed by atoms with E-state index in [0.717, 1.165) is 0 Å². The Kier molecular flexibility index (Phi) is 17.6. The zero-order chi connectivity index (χ0) is 40.5. The Morgan fingerprint density at radius 2 is 1.02 bits per heavy atom. The second-order valence-corrected chi connectivity index (χ2v) is 12.5. The van der Waals surface area contributed by atoms with Crippen LogP contribution in [0, 0.1) is 0 Å². The Hall–Kier alpha value is -5.50. The standard InChI is InChI=1S/C36H51N7O12/c1-5-6-24(39-33(49)27-9-14-43(19-22-55-4)36(52)30(27)46)23-40(15-10-37-31(47)25-7-12-41(17-20-53-2)34(50)28(25)44)16-11-38-32(48)26-8-13-42(18-21-54-3)35(51)29(26)45/h7-9,12-14,24,44-46H,5-6,10-11,15-23H2,1-4H3,(H,37,47)(H,38,48)(H,39,49). The molecule has 1 unspecified atom stereocenters. The van der Waals surface area contributed by atoms with Gasteiger partial charge in [0, 0.05) is 98.3 Å². The highest BCUT2D eigenvalue weighted by atomic mass is 16.5. The molecule has 0 bridgehead atoms. The largest absolute Gasteiger partial charge is 0.502 e. The normalized spacial score (nSPS) is 11.7. The van der Waals surface area contributed by atoms with Crippen LogP contribution in [-0.4, -0.2) is 132 Å². The first kappa shape index (κ1) is 43.9. The zero-order valence-corrected chi connectivity index (χ0v) is 31.5. The predicted octanol–water partition coefficient (Wildman–Crippen LogP) is -0.712. The van der Waals surface area contributed by atoms with Crippen molar-refractivity contribution in [2.45, 2.75) is 45.4 Å². The maximum absolute atomic E-state index is 13.3. The predicted molar refractivity (Wildman–Crippen MR) is 200 cm³/mol. The van der Waals surface area contributed by atoms with Gasteiger partial charge in [0.15, 0.2) is 17.2 Å². The first-order chi connectivity index (χ1) is 26.4. The topological polar surface area (TPSA) is 245 Å². The summed E-state index contributed by atoms with van der Waals surface area (Å²) in [6.07, 6.45) is 5.26. The van der Waals surface area contributed by atoms with Gasteiger partial charge in [0.2, 0.25) is 0 Å². The maximum atomic E-state index is 13.3. The van der Waals surface area contributed by atoms with Crippen molar-refractivity contribution in [2.24, 2.45) is 0 Å². The molecule has 0 saturated heterocycles. The highest BCUT2D eigenvalue weighted by molar-refractivity contribution is 5.97. The summed E-state index contributed by atoms with van der Waals surface area (Å²) >= 11 is 0. The van der Waals surface area contributed by atoms with Crippen molar-refractivity contribution in [1.82, 2.24) is 34.6 Å². The molecule has 0 aliphatic heterocycles. The number of hydrogen-bond donors (Lipinski definition) is 6. The smallest absolute Gasteiger partial charge is 0.293 e. The van der Waals surface area contributed by atoms with Crippen molar-refractivity contribution in [3.8, 4) is 17.2 Å². The van der Waals surface area contributed by atoms with Crippen LogP contribution in [0.5, 0.6) is 17.2 Å². The molecule has 3 aromatic heterocycles. The first-order valence-corrected chi connectivity index (χ1v) is 17.7. The van der Waals surface area contributed by atoms with Gasteiger partial charge in [0.05, 0.1) is 36.5 Å². The van der Waals surface area contributed by atoms with Crippen molar-refractivity contribution in [1.29, 1.82) is 0 Å². The van der Waals surface area contributed by atoms with Crippen LogP contribution < -0.4 is 32.6 Å². The van der Waals surface area contributed by atoms with Gasteiger partial charge in [-0.25, -0.2) is 0 Å². The molecule has 0 fully saturated rings. The van der Waals surface area contributed by atoms with E-state index in [9.17, 15) is 44.1 Å². The van der Waals surface area contributed by atoms with E-state index in [1.54, 1.807) is 0 Å². The quantitative estimate of drug-likeness (QED) is 0.0699. The van der Waals surface area contributed by atoms with Crippen LogP contribution in [0.1, 0.15) is 50.8 Å². The SMILES string of the molecule is CCCC(CN(CCNC(=O)c1ccn(CCOC)c(=O)c1O)CCNC(=O)c1ccn(CCOC)c(=O)c1O)NC(=O)c1ccn(CCOC)c(=O)c1O. The van der Waals surface area contributed by atoms with Gasteiger partial charge in [0.25, 0.3) is 34.4 Å². The number of nitrogens with zero attached hydrogens (tertiary/aromatic N) is 4. The van der Waals surface area contributed by atoms with Crippen LogP contribution in [-0.2, 0) is 33.8 Å². The van der Waals surface area contributed by atoms with Crippen LogP contribution in [0.25, 0.3) is 0 Å². The fraction of sp³-hybridized carbons (Fsp3) is 0.500. The van der Waals surface area contributed by atoms with Gasteiger partial charge in [-0.3, -0.25) is 33.7 Å². The Morgan fingerprint density at radius 3 is 1.36 bits per heavy atom. The van der Waals surface area contributed by atoms with Gasteiger partial charge < -0.3 is 59.2 Å². The van der Waals surface area contributed by atoms with Gasteiger partial charge in [-0.2, -0.15) is 0 Å². The van der Waals surface area contributed by atoms with E-state index >= 15 is 0 Å². The lowest BCUT2D eigenvalue weighted by atomic mass is 10.1. The van der Waals surface area contributed by atoms with Crippen molar-refractivity contribution >= 4 is 17.7 Å². The summed E-state index contributed by atoms with van der Waals surface area (Å²) in [6, 6.07) is 3.45. The molecule has 55 heavy (non-hydrogen) atoms. The number of carbonyl (C=O) groups is 3. The minimum Gasteiger partial charge on any atom is -0.502 e. The molecule has 19 heteroatoms. The number of aromatic hydroxyl groups is 3. The van der Waals surface area contributed by atoms with Crippen molar-refractivity contribution in [2.75, 3.05) is 73.9 Å². The molecule has 6 N–H and O–H groups in total. The van der Waals surface area contributed by atoms with Gasteiger partial charge in [-0.1, -0.05) is 13.3 Å². The molecule has 0 spiro atoms. The molecule has 3 aromatic rings. The highest BCUT2D eigenvalue weighted by Crippen LogP contribution is 2.14. The van der Waals surface area contributed by atoms with Gasteiger partial charge >= 0.3 is 0 Å². The Bertz CT molecular complexity index is 1850. The third-order valence-electron chi connectivity index (χ3n) is 8.64. The van der Waals surface area contributed by atoms with Crippen LogP contribution in [0.15, 0.2) is 51.2 Å². The Morgan fingerprint density at radius 1 is 0.655 bits per heavy atom. The molecule has 19 nitrogen and oxygen atoms in total. The molecule has 0 aromatic carbocycles. The number of amides is 3. The third kappa shape index (κ3) is 12.3. The lowest BCUT2D eigenvalue weighted by Gasteiger charge is -2.28. The maximum Gasteiger partial charge on any atom is 0.293 e. The average molecular weight is 774 g/mol. The van der Waals surface area contributed by atoms with E-state index in [0.29, 0.717) is 12.8 Å². The molecule has 3 amide bonds.